The van der Waals surface area contributed by atoms with Crippen molar-refractivity contribution in [2.75, 3.05) is 0 Å². The van der Waals surface area contributed by atoms with Gasteiger partial charge in [0.2, 0.25) is 0 Å². The van der Waals surface area contributed by atoms with E-state index in [1.165, 1.54) is 0 Å². The standard InChI is InChI=1S/C8H6BrNOS/c1-5-2-6(12-4-10)3-7(9)8(5)11/h2-3,11H,1H3. The van der Waals surface area contributed by atoms with Gasteiger partial charge < -0.3 is 5.11 Å². The number of hydrogen-bond donors (Lipinski definition) is 1. The van der Waals surface area contributed by atoms with E-state index < -0.39 is 0 Å². The lowest BCUT2D eigenvalue weighted by Gasteiger charge is -2.02. The molecule has 1 N–H and O–H groups in total. The lowest BCUT2D eigenvalue weighted by Crippen LogP contribution is -1.78. The van der Waals surface area contributed by atoms with Crippen molar-refractivity contribution in [3.8, 4) is 11.2 Å². The molecule has 0 aromatic heterocycles. The summed E-state index contributed by atoms with van der Waals surface area (Å²) in [6.07, 6.45) is 0. The van der Waals surface area contributed by atoms with E-state index in [0.29, 0.717) is 4.47 Å². The van der Waals surface area contributed by atoms with E-state index in [9.17, 15) is 5.11 Å². The second kappa shape index (κ2) is 3.83. The van der Waals surface area contributed by atoms with E-state index in [2.05, 4.69) is 15.9 Å². The second-order valence-electron chi connectivity index (χ2n) is 2.26. The summed E-state index contributed by atoms with van der Waals surface area (Å²) < 4.78 is 0.625. The van der Waals surface area contributed by atoms with Gasteiger partial charge in [-0.25, -0.2) is 0 Å². The van der Waals surface area contributed by atoms with Crippen LogP contribution in [0.25, 0.3) is 0 Å². The van der Waals surface area contributed by atoms with Crippen LogP contribution in [0, 0.1) is 17.6 Å². The number of hydrogen-bond acceptors (Lipinski definition) is 3. The van der Waals surface area contributed by atoms with Crippen molar-refractivity contribution in [1.29, 1.82) is 5.26 Å². The summed E-state index contributed by atoms with van der Waals surface area (Å²) in [5, 5.41) is 19.7. The molecule has 0 aliphatic carbocycles. The van der Waals surface area contributed by atoms with Crippen molar-refractivity contribution in [3.63, 3.8) is 0 Å². The van der Waals surface area contributed by atoms with Crippen LogP contribution in [-0.2, 0) is 0 Å². The number of nitriles is 1. The zero-order valence-corrected chi connectivity index (χ0v) is 8.74. The Kier molecular flexibility index (Phi) is 3.01. The molecule has 12 heavy (non-hydrogen) atoms. The van der Waals surface area contributed by atoms with Crippen molar-refractivity contribution >= 4 is 27.7 Å². The fourth-order valence-electron chi connectivity index (χ4n) is 0.817. The molecule has 0 aliphatic rings. The minimum atomic E-state index is 0.234. The van der Waals surface area contributed by atoms with Gasteiger partial charge in [-0.15, -0.1) is 0 Å². The van der Waals surface area contributed by atoms with Crippen LogP contribution in [0.15, 0.2) is 21.5 Å². The third-order valence-corrected chi connectivity index (χ3v) is 2.56. The predicted octanol–water partition coefficient (Wildman–Crippen LogP) is 3.04. The summed E-state index contributed by atoms with van der Waals surface area (Å²) in [7, 11) is 0. The highest BCUT2D eigenvalue weighted by Gasteiger charge is 2.04. The molecule has 2 nitrogen and oxygen atoms in total. The van der Waals surface area contributed by atoms with E-state index in [-0.39, 0.29) is 5.75 Å². The molecule has 62 valence electrons. The SMILES string of the molecule is Cc1cc(SC#N)cc(Br)c1O. The third kappa shape index (κ3) is 1.93. The minimum Gasteiger partial charge on any atom is -0.506 e. The summed E-state index contributed by atoms with van der Waals surface area (Å²) in [5.41, 5.74) is 0.766. The Morgan fingerprint density at radius 1 is 1.58 bits per heavy atom. The maximum Gasteiger partial charge on any atom is 0.138 e. The molecular formula is C8H6BrNOS. The van der Waals surface area contributed by atoms with Gasteiger partial charge in [-0.2, -0.15) is 5.26 Å². The zero-order chi connectivity index (χ0) is 9.14. The maximum atomic E-state index is 9.36. The Hall–Kier alpha value is -0.660. The molecule has 0 heterocycles. The molecule has 1 aromatic carbocycles. The van der Waals surface area contributed by atoms with E-state index in [4.69, 9.17) is 5.26 Å². The van der Waals surface area contributed by atoms with Crippen molar-refractivity contribution in [1.82, 2.24) is 0 Å². The van der Waals surface area contributed by atoms with E-state index in [1.54, 1.807) is 19.1 Å². The number of aryl methyl sites for hydroxylation is 1. The van der Waals surface area contributed by atoms with Crippen molar-refractivity contribution in [3.05, 3.63) is 22.2 Å². The normalized spacial score (nSPS) is 9.42. The first-order valence-corrected chi connectivity index (χ1v) is 4.81. The highest BCUT2D eigenvalue weighted by molar-refractivity contribution is 9.10. The van der Waals surface area contributed by atoms with Crippen LogP contribution in [-0.4, -0.2) is 5.11 Å². The largest absolute Gasteiger partial charge is 0.506 e. The summed E-state index contributed by atoms with van der Waals surface area (Å²) in [6.45, 7) is 1.79. The van der Waals surface area contributed by atoms with Crippen molar-refractivity contribution in [2.24, 2.45) is 0 Å². The molecule has 0 amide bonds. The predicted molar refractivity (Wildman–Crippen MR) is 52.0 cm³/mol. The van der Waals surface area contributed by atoms with Gasteiger partial charge in [-0.1, -0.05) is 0 Å². The van der Waals surface area contributed by atoms with Crippen LogP contribution < -0.4 is 0 Å². The Balaban J connectivity index is 3.14. The van der Waals surface area contributed by atoms with Crippen LogP contribution in [0.2, 0.25) is 0 Å². The van der Waals surface area contributed by atoms with E-state index in [0.717, 1.165) is 22.2 Å². The highest BCUT2D eigenvalue weighted by atomic mass is 79.9. The van der Waals surface area contributed by atoms with Crippen LogP contribution in [0.4, 0.5) is 0 Å². The molecule has 0 radical (unpaired) electrons. The first kappa shape index (κ1) is 9.43. The third-order valence-electron chi connectivity index (χ3n) is 1.39. The highest BCUT2D eigenvalue weighted by Crippen LogP contribution is 2.32. The number of rotatable bonds is 1. The number of nitrogens with zero attached hydrogens (tertiary/aromatic N) is 1. The van der Waals surface area contributed by atoms with Crippen LogP contribution in [0.1, 0.15) is 5.56 Å². The van der Waals surface area contributed by atoms with Crippen molar-refractivity contribution < 1.29 is 5.11 Å². The quantitative estimate of drug-likeness (QED) is 0.610. The number of phenols is 1. The average Bonchev–Trinajstić information content (AvgIpc) is 2.01. The molecule has 1 aromatic rings. The molecule has 0 spiro atoms. The topological polar surface area (TPSA) is 44.0 Å². The monoisotopic (exact) mass is 243 g/mol. The van der Waals surface area contributed by atoms with Gasteiger partial charge in [0.05, 0.1) is 4.47 Å². The molecule has 1 rings (SSSR count). The molecular weight excluding hydrogens is 238 g/mol. The lowest BCUT2D eigenvalue weighted by molar-refractivity contribution is 0.467. The number of phenolic OH excluding ortho intramolecular Hbond substituents is 1. The van der Waals surface area contributed by atoms with Crippen molar-refractivity contribution in [2.45, 2.75) is 11.8 Å². The summed E-state index contributed by atoms with van der Waals surface area (Å²) in [6, 6.07) is 3.49. The second-order valence-corrected chi connectivity index (χ2v) is 3.98. The smallest absolute Gasteiger partial charge is 0.138 e. The van der Waals surface area contributed by atoms with Gasteiger partial charge >= 0.3 is 0 Å². The van der Waals surface area contributed by atoms with Gasteiger partial charge in [0.15, 0.2) is 0 Å². The summed E-state index contributed by atoms with van der Waals surface area (Å²) in [4.78, 5) is 0.833. The number of thiocyanates is 1. The Bertz CT molecular complexity index is 322. The van der Waals surface area contributed by atoms with Gasteiger partial charge in [0.1, 0.15) is 11.2 Å². The van der Waals surface area contributed by atoms with Gasteiger partial charge in [0, 0.05) is 4.90 Å². The molecule has 0 bridgehead atoms. The van der Waals surface area contributed by atoms with Gasteiger partial charge in [-0.05, 0) is 52.3 Å². The molecule has 0 atom stereocenters. The van der Waals surface area contributed by atoms with Crippen LogP contribution >= 0.6 is 27.7 Å². The molecule has 4 heteroatoms. The van der Waals surface area contributed by atoms with E-state index in [1.807, 2.05) is 5.40 Å². The molecule has 0 fully saturated rings. The summed E-state index contributed by atoms with van der Waals surface area (Å²) in [5.74, 6) is 0.234. The Labute approximate surface area is 83.3 Å². The van der Waals surface area contributed by atoms with Gasteiger partial charge in [-0.3, -0.25) is 0 Å². The van der Waals surface area contributed by atoms with Crippen LogP contribution in [0.5, 0.6) is 5.75 Å². The lowest BCUT2D eigenvalue weighted by atomic mass is 10.2. The number of thioether (sulfide) groups is 1. The Morgan fingerprint density at radius 2 is 2.25 bits per heavy atom. The first-order valence-electron chi connectivity index (χ1n) is 3.20. The molecule has 0 aliphatic heterocycles. The number of halogens is 1. The maximum absolute atomic E-state index is 9.36. The van der Waals surface area contributed by atoms with Gasteiger partial charge in [0.25, 0.3) is 0 Å². The molecule has 0 saturated heterocycles. The van der Waals surface area contributed by atoms with Crippen LogP contribution in [0.3, 0.4) is 0 Å². The fourth-order valence-corrected chi connectivity index (χ4v) is 2.05. The molecule has 0 unspecified atom stereocenters. The zero-order valence-electron chi connectivity index (χ0n) is 6.34. The Morgan fingerprint density at radius 3 is 2.75 bits per heavy atom. The summed E-state index contributed by atoms with van der Waals surface area (Å²) >= 11 is 4.27. The fraction of sp³-hybridized carbons (Fsp3) is 0.125. The first-order chi connectivity index (χ1) is 5.65. The van der Waals surface area contributed by atoms with E-state index >= 15 is 0 Å². The number of aromatic hydroxyl groups is 1. The number of benzene rings is 1. The minimum absolute atomic E-state index is 0.234. The average molecular weight is 244 g/mol. The molecule has 0 saturated carbocycles.